The number of rotatable bonds is 1. The van der Waals surface area contributed by atoms with Gasteiger partial charge < -0.3 is 10.1 Å². The molecule has 3 rings (SSSR count). The molecule has 1 aromatic heterocycles. The normalized spacial score (nSPS) is 20.4. The molecule has 0 radical (unpaired) electrons. The molecule has 0 fully saturated rings. The van der Waals surface area contributed by atoms with Crippen LogP contribution >= 0.6 is 0 Å². The van der Waals surface area contributed by atoms with Crippen LogP contribution in [0.2, 0.25) is 0 Å². The second-order valence-electron chi connectivity index (χ2n) is 4.48. The van der Waals surface area contributed by atoms with Crippen LogP contribution in [0, 0.1) is 0 Å². The van der Waals surface area contributed by atoms with E-state index in [1.165, 1.54) is 11.1 Å². The SMILES string of the molecule is C1=C(c2ncnc3c2CCNC3)CCCOC1. The minimum Gasteiger partial charge on any atom is -0.377 e. The Morgan fingerprint density at radius 1 is 1.24 bits per heavy atom. The Labute approximate surface area is 101 Å². The number of nitrogens with zero attached hydrogens (tertiary/aromatic N) is 2. The van der Waals surface area contributed by atoms with Gasteiger partial charge >= 0.3 is 0 Å². The Bertz CT molecular complexity index is 442. The highest BCUT2D eigenvalue weighted by Gasteiger charge is 2.17. The molecular formula is C13H17N3O. The molecule has 1 N–H and O–H groups in total. The van der Waals surface area contributed by atoms with Crippen LogP contribution in [0.4, 0.5) is 0 Å². The average Bonchev–Trinajstić information content (AvgIpc) is 2.67. The van der Waals surface area contributed by atoms with Gasteiger partial charge in [0, 0.05) is 18.7 Å². The number of nitrogens with one attached hydrogen (secondary N) is 1. The predicted molar refractivity (Wildman–Crippen MR) is 65.5 cm³/mol. The van der Waals surface area contributed by atoms with E-state index in [4.69, 9.17) is 4.74 Å². The average molecular weight is 231 g/mol. The number of aromatic nitrogens is 2. The molecule has 4 heteroatoms. The van der Waals surface area contributed by atoms with Gasteiger partial charge in [0.05, 0.1) is 18.0 Å². The second-order valence-corrected chi connectivity index (χ2v) is 4.48. The van der Waals surface area contributed by atoms with Crippen LogP contribution in [0.3, 0.4) is 0 Å². The zero-order chi connectivity index (χ0) is 11.5. The fourth-order valence-electron chi connectivity index (χ4n) is 2.49. The van der Waals surface area contributed by atoms with Crippen LogP contribution in [0.15, 0.2) is 12.4 Å². The molecule has 0 saturated carbocycles. The Balaban J connectivity index is 1.99. The van der Waals surface area contributed by atoms with Crippen molar-refractivity contribution >= 4 is 5.57 Å². The lowest BCUT2D eigenvalue weighted by molar-refractivity contribution is 0.165. The summed E-state index contributed by atoms with van der Waals surface area (Å²) in [7, 11) is 0. The molecule has 4 nitrogen and oxygen atoms in total. The van der Waals surface area contributed by atoms with Crippen LogP contribution in [0.1, 0.15) is 29.8 Å². The third-order valence-corrected chi connectivity index (χ3v) is 3.37. The van der Waals surface area contributed by atoms with Gasteiger partial charge in [-0.2, -0.15) is 0 Å². The lowest BCUT2D eigenvalue weighted by Gasteiger charge is -2.19. The van der Waals surface area contributed by atoms with E-state index in [9.17, 15) is 0 Å². The first-order valence-corrected chi connectivity index (χ1v) is 6.26. The van der Waals surface area contributed by atoms with Gasteiger partial charge in [0.1, 0.15) is 6.33 Å². The molecule has 0 unspecified atom stereocenters. The van der Waals surface area contributed by atoms with E-state index in [2.05, 4.69) is 21.4 Å². The molecule has 0 aliphatic carbocycles. The van der Waals surface area contributed by atoms with Gasteiger partial charge in [-0.3, -0.25) is 0 Å². The maximum absolute atomic E-state index is 5.46. The summed E-state index contributed by atoms with van der Waals surface area (Å²) in [4.78, 5) is 8.86. The highest BCUT2D eigenvalue weighted by atomic mass is 16.5. The number of ether oxygens (including phenoxy) is 1. The Hall–Kier alpha value is -1.26. The lowest BCUT2D eigenvalue weighted by atomic mass is 9.97. The quantitative estimate of drug-likeness (QED) is 0.791. The van der Waals surface area contributed by atoms with Crippen LogP contribution in [-0.4, -0.2) is 29.7 Å². The van der Waals surface area contributed by atoms with Gasteiger partial charge in [-0.05, 0) is 31.4 Å². The fraction of sp³-hybridized carbons (Fsp3) is 0.538. The van der Waals surface area contributed by atoms with E-state index in [1.807, 2.05) is 0 Å². The van der Waals surface area contributed by atoms with Crippen molar-refractivity contribution in [3.8, 4) is 0 Å². The van der Waals surface area contributed by atoms with Crippen molar-refractivity contribution in [3.05, 3.63) is 29.4 Å². The van der Waals surface area contributed by atoms with Crippen molar-refractivity contribution in [2.45, 2.75) is 25.8 Å². The lowest BCUT2D eigenvalue weighted by Crippen LogP contribution is -2.26. The first-order chi connectivity index (χ1) is 8.45. The summed E-state index contributed by atoms with van der Waals surface area (Å²) in [5, 5.41) is 3.35. The van der Waals surface area contributed by atoms with E-state index >= 15 is 0 Å². The van der Waals surface area contributed by atoms with Crippen molar-refractivity contribution < 1.29 is 4.74 Å². The highest BCUT2D eigenvalue weighted by Crippen LogP contribution is 2.26. The Morgan fingerprint density at radius 3 is 3.24 bits per heavy atom. The highest BCUT2D eigenvalue weighted by molar-refractivity contribution is 5.66. The van der Waals surface area contributed by atoms with E-state index in [1.54, 1.807) is 6.33 Å². The van der Waals surface area contributed by atoms with E-state index in [0.29, 0.717) is 6.61 Å². The molecule has 1 aromatic rings. The summed E-state index contributed by atoms with van der Waals surface area (Å²) in [6.07, 6.45) is 7.05. The third kappa shape index (κ3) is 2.23. The van der Waals surface area contributed by atoms with E-state index in [-0.39, 0.29) is 0 Å². The van der Waals surface area contributed by atoms with Gasteiger partial charge in [0.25, 0.3) is 0 Å². The maximum Gasteiger partial charge on any atom is 0.116 e. The smallest absolute Gasteiger partial charge is 0.116 e. The van der Waals surface area contributed by atoms with Crippen LogP contribution in [0.5, 0.6) is 0 Å². The van der Waals surface area contributed by atoms with Gasteiger partial charge in [-0.25, -0.2) is 9.97 Å². The second kappa shape index (κ2) is 4.94. The number of allylic oxidation sites excluding steroid dienone is 1. The van der Waals surface area contributed by atoms with Gasteiger partial charge in [0.2, 0.25) is 0 Å². The topological polar surface area (TPSA) is 47.0 Å². The zero-order valence-corrected chi connectivity index (χ0v) is 9.91. The van der Waals surface area contributed by atoms with Crippen LogP contribution < -0.4 is 5.32 Å². The van der Waals surface area contributed by atoms with Crippen molar-refractivity contribution in [1.29, 1.82) is 0 Å². The maximum atomic E-state index is 5.46. The summed E-state index contributed by atoms with van der Waals surface area (Å²) in [6.45, 7) is 3.47. The molecule has 0 atom stereocenters. The summed E-state index contributed by atoms with van der Waals surface area (Å²) >= 11 is 0. The van der Waals surface area contributed by atoms with Crippen molar-refractivity contribution in [2.75, 3.05) is 19.8 Å². The Morgan fingerprint density at radius 2 is 2.24 bits per heavy atom. The number of hydrogen-bond acceptors (Lipinski definition) is 4. The first kappa shape index (κ1) is 10.9. The molecule has 2 aliphatic rings. The molecular weight excluding hydrogens is 214 g/mol. The minimum absolute atomic E-state index is 0.715. The summed E-state index contributed by atoms with van der Waals surface area (Å²) in [5.41, 5.74) is 4.98. The van der Waals surface area contributed by atoms with Crippen molar-refractivity contribution in [1.82, 2.24) is 15.3 Å². The molecule has 2 aliphatic heterocycles. The van der Waals surface area contributed by atoms with Gasteiger partial charge in [0.15, 0.2) is 0 Å². The summed E-state index contributed by atoms with van der Waals surface area (Å²) < 4.78 is 5.46. The van der Waals surface area contributed by atoms with Crippen molar-refractivity contribution in [2.24, 2.45) is 0 Å². The number of hydrogen-bond donors (Lipinski definition) is 1. The molecule has 0 spiro atoms. The molecule has 0 bridgehead atoms. The van der Waals surface area contributed by atoms with Gasteiger partial charge in [-0.1, -0.05) is 6.08 Å². The summed E-state index contributed by atoms with van der Waals surface area (Å²) in [6, 6.07) is 0. The predicted octanol–water partition coefficient (Wildman–Crippen LogP) is 1.32. The molecule has 17 heavy (non-hydrogen) atoms. The monoisotopic (exact) mass is 231 g/mol. The molecule has 0 saturated heterocycles. The Kier molecular flexibility index (Phi) is 3.16. The minimum atomic E-state index is 0.715. The molecule has 90 valence electrons. The van der Waals surface area contributed by atoms with Crippen LogP contribution in [0.25, 0.3) is 5.57 Å². The van der Waals surface area contributed by atoms with E-state index < -0.39 is 0 Å². The molecule has 3 heterocycles. The van der Waals surface area contributed by atoms with Crippen LogP contribution in [-0.2, 0) is 17.7 Å². The first-order valence-electron chi connectivity index (χ1n) is 6.26. The standard InChI is InChI=1S/C13H17N3O/c1-2-10(4-7-17-6-1)13-11-3-5-14-8-12(11)15-9-16-13/h4,9,14H,1-3,5-8H2. The molecule has 0 amide bonds. The van der Waals surface area contributed by atoms with Crippen molar-refractivity contribution in [3.63, 3.8) is 0 Å². The zero-order valence-electron chi connectivity index (χ0n) is 9.91. The largest absolute Gasteiger partial charge is 0.377 e. The van der Waals surface area contributed by atoms with Gasteiger partial charge in [-0.15, -0.1) is 0 Å². The molecule has 0 aromatic carbocycles. The summed E-state index contributed by atoms with van der Waals surface area (Å²) in [5.74, 6) is 0. The number of fused-ring (bicyclic) bond motifs is 1. The van der Waals surface area contributed by atoms with E-state index in [0.717, 1.165) is 50.3 Å². The third-order valence-electron chi connectivity index (χ3n) is 3.37. The fourth-order valence-corrected chi connectivity index (χ4v) is 2.49.